The van der Waals surface area contributed by atoms with Crippen LogP contribution in [0.25, 0.3) is 10.9 Å². The molecule has 0 spiro atoms. The van der Waals surface area contributed by atoms with Gasteiger partial charge >= 0.3 is 0 Å². The number of rotatable bonds is 10. The maximum absolute atomic E-state index is 13.2. The molecule has 4 aromatic rings. The molecule has 0 unspecified atom stereocenters. The first-order chi connectivity index (χ1) is 18.8. The van der Waals surface area contributed by atoms with Gasteiger partial charge in [0.1, 0.15) is 0 Å². The average Bonchev–Trinajstić information content (AvgIpc) is 3.78. The van der Waals surface area contributed by atoms with Crippen molar-refractivity contribution in [2.45, 2.75) is 65.1 Å². The summed E-state index contributed by atoms with van der Waals surface area (Å²) in [6.07, 6.45) is 2.71. The van der Waals surface area contributed by atoms with Gasteiger partial charge in [0, 0.05) is 28.7 Å². The van der Waals surface area contributed by atoms with Gasteiger partial charge in [0.15, 0.2) is 23.9 Å². The van der Waals surface area contributed by atoms with E-state index in [4.69, 9.17) is 9.47 Å². The topological polar surface area (TPSA) is 69.6 Å². The number of carbonyl (C=O) groups is 2. The minimum atomic E-state index is -0.569. The van der Waals surface area contributed by atoms with E-state index in [2.05, 4.69) is 48.0 Å². The molecule has 3 aromatic carbocycles. The highest BCUT2D eigenvalue weighted by Gasteiger charge is 2.24. The van der Waals surface area contributed by atoms with Gasteiger partial charge < -0.3 is 19.4 Å². The second kappa shape index (κ2) is 11.0. The van der Waals surface area contributed by atoms with Gasteiger partial charge in [0.25, 0.3) is 5.91 Å². The summed E-state index contributed by atoms with van der Waals surface area (Å²) in [4.78, 5) is 24.4. The zero-order chi connectivity index (χ0) is 27.7. The third-order valence-corrected chi connectivity index (χ3v) is 7.78. The van der Waals surface area contributed by atoms with Gasteiger partial charge in [-0.25, -0.2) is 0 Å². The van der Waals surface area contributed by atoms with Crippen molar-refractivity contribution >= 4 is 23.1 Å². The molecule has 6 heteroatoms. The highest BCUT2D eigenvalue weighted by Crippen LogP contribution is 2.40. The van der Waals surface area contributed by atoms with E-state index >= 15 is 0 Å². The fraction of sp³-hybridized carbons (Fsp3) is 0.333. The van der Waals surface area contributed by atoms with Crippen LogP contribution >= 0.6 is 0 Å². The van der Waals surface area contributed by atoms with E-state index in [1.807, 2.05) is 43.3 Å². The SMILES string of the molecule is COc1ccc(Cn2c(C)c(C)c3cc(C(=O)N[C@@H](C)c4cccc(C5CC5)c4)ccc32)cc1O[C@@H](C)C=O. The average molecular weight is 525 g/mol. The fourth-order valence-corrected chi connectivity index (χ4v) is 5.18. The molecule has 0 bridgehead atoms. The van der Waals surface area contributed by atoms with Crippen LogP contribution in [0.4, 0.5) is 0 Å². The molecule has 6 nitrogen and oxygen atoms in total. The molecule has 0 radical (unpaired) electrons. The standard InChI is InChI=1S/C33H36N2O4/c1-20(19-36)39-32-15-24(9-14-31(32)38-5)18-35-23(4)21(2)29-17-28(12-13-30(29)35)33(37)34-22(3)26-7-6-8-27(16-26)25-10-11-25/h6-9,12-17,19-20,22,25H,10-11,18H2,1-5H3,(H,34,37)/t20-,22-/m0/s1. The van der Waals surface area contributed by atoms with Gasteiger partial charge in [-0.15, -0.1) is 0 Å². The highest BCUT2D eigenvalue weighted by molar-refractivity contribution is 5.99. The maximum Gasteiger partial charge on any atom is 0.251 e. The molecule has 1 fully saturated rings. The largest absolute Gasteiger partial charge is 0.493 e. The molecule has 1 aliphatic carbocycles. The van der Waals surface area contributed by atoms with Crippen LogP contribution in [0.5, 0.6) is 11.5 Å². The molecule has 0 saturated heterocycles. The first kappa shape index (κ1) is 26.5. The minimum absolute atomic E-state index is 0.0762. The van der Waals surface area contributed by atoms with Gasteiger partial charge in [-0.05, 0) is 99.0 Å². The molecule has 39 heavy (non-hydrogen) atoms. The molecule has 1 heterocycles. The Balaban J connectivity index is 1.38. The molecule has 1 aromatic heterocycles. The number of hydrogen-bond donors (Lipinski definition) is 1. The number of nitrogens with zero attached hydrogens (tertiary/aromatic N) is 1. The Morgan fingerprint density at radius 2 is 1.85 bits per heavy atom. The van der Waals surface area contributed by atoms with Gasteiger partial charge in [-0.2, -0.15) is 0 Å². The molecule has 202 valence electrons. The smallest absolute Gasteiger partial charge is 0.251 e. The maximum atomic E-state index is 13.2. The van der Waals surface area contributed by atoms with E-state index in [-0.39, 0.29) is 11.9 Å². The minimum Gasteiger partial charge on any atom is -0.493 e. The van der Waals surface area contributed by atoms with Crippen LogP contribution in [-0.4, -0.2) is 30.0 Å². The second-order valence-electron chi connectivity index (χ2n) is 10.6. The van der Waals surface area contributed by atoms with Crippen molar-refractivity contribution in [2.24, 2.45) is 0 Å². The number of methoxy groups -OCH3 is 1. The summed E-state index contributed by atoms with van der Waals surface area (Å²) in [6, 6.07) is 20.2. The Morgan fingerprint density at radius 3 is 2.56 bits per heavy atom. The van der Waals surface area contributed by atoms with Crippen molar-refractivity contribution in [1.82, 2.24) is 9.88 Å². The van der Waals surface area contributed by atoms with Crippen LogP contribution in [0.3, 0.4) is 0 Å². The van der Waals surface area contributed by atoms with E-state index < -0.39 is 6.10 Å². The number of amides is 1. The normalized spacial score (nSPS) is 14.6. The molecular weight excluding hydrogens is 488 g/mol. The Morgan fingerprint density at radius 1 is 1.05 bits per heavy atom. The highest BCUT2D eigenvalue weighted by atomic mass is 16.5. The molecular formula is C33H36N2O4. The fourth-order valence-electron chi connectivity index (χ4n) is 5.18. The second-order valence-corrected chi connectivity index (χ2v) is 10.6. The van der Waals surface area contributed by atoms with Crippen LogP contribution in [0, 0.1) is 13.8 Å². The number of fused-ring (bicyclic) bond motifs is 1. The summed E-state index contributed by atoms with van der Waals surface area (Å²) in [5, 5.41) is 4.24. The van der Waals surface area contributed by atoms with Gasteiger partial charge in [0.2, 0.25) is 0 Å². The molecule has 2 atom stereocenters. The van der Waals surface area contributed by atoms with Crippen LogP contribution in [0.1, 0.15) is 77.0 Å². The zero-order valence-electron chi connectivity index (χ0n) is 23.3. The Hall–Kier alpha value is -4.06. The van der Waals surface area contributed by atoms with E-state index in [0.29, 0.717) is 29.5 Å². The van der Waals surface area contributed by atoms with Crippen molar-refractivity contribution < 1.29 is 19.1 Å². The van der Waals surface area contributed by atoms with E-state index in [9.17, 15) is 9.59 Å². The number of ether oxygens (including phenoxy) is 2. The monoisotopic (exact) mass is 524 g/mol. The predicted octanol–water partition coefficient (Wildman–Crippen LogP) is 6.65. The molecule has 1 saturated carbocycles. The Bertz CT molecular complexity index is 1530. The molecule has 5 rings (SSSR count). The summed E-state index contributed by atoms with van der Waals surface area (Å²) in [6.45, 7) is 8.55. The van der Waals surface area contributed by atoms with Gasteiger partial charge in [0.05, 0.1) is 13.2 Å². The van der Waals surface area contributed by atoms with Crippen LogP contribution < -0.4 is 14.8 Å². The van der Waals surface area contributed by atoms with E-state index in [0.717, 1.165) is 39.6 Å². The first-order valence-corrected chi connectivity index (χ1v) is 13.6. The lowest BCUT2D eigenvalue weighted by molar-refractivity contribution is -0.113. The lowest BCUT2D eigenvalue weighted by Gasteiger charge is -2.16. The van der Waals surface area contributed by atoms with Crippen LogP contribution in [0.15, 0.2) is 60.7 Å². The number of benzene rings is 3. The lowest BCUT2D eigenvalue weighted by Crippen LogP contribution is -2.26. The van der Waals surface area contributed by atoms with E-state index in [1.54, 1.807) is 14.0 Å². The third-order valence-electron chi connectivity index (χ3n) is 7.78. The van der Waals surface area contributed by atoms with Crippen molar-refractivity contribution in [1.29, 1.82) is 0 Å². The molecule has 1 aliphatic rings. The van der Waals surface area contributed by atoms with Crippen molar-refractivity contribution in [2.75, 3.05) is 7.11 Å². The predicted molar refractivity (Wildman–Crippen MR) is 154 cm³/mol. The summed E-state index contributed by atoms with van der Waals surface area (Å²) in [5.41, 5.74) is 7.51. The van der Waals surface area contributed by atoms with Crippen LogP contribution in [-0.2, 0) is 11.3 Å². The van der Waals surface area contributed by atoms with Crippen LogP contribution in [0.2, 0.25) is 0 Å². The molecule has 1 N–H and O–H groups in total. The summed E-state index contributed by atoms with van der Waals surface area (Å²) in [7, 11) is 1.58. The van der Waals surface area contributed by atoms with Crippen molar-refractivity contribution in [3.8, 4) is 11.5 Å². The number of aldehydes is 1. The zero-order valence-corrected chi connectivity index (χ0v) is 23.3. The quantitative estimate of drug-likeness (QED) is 0.236. The lowest BCUT2D eigenvalue weighted by atomic mass is 10.0. The number of hydrogen-bond acceptors (Lipinski definition) is 4. The Labute approximate surface area is 229 Å². The summed E-state index contributed by atoms with van der Waals surface area (Å²) >= 11 is 0. The number of aromatic nitrogens is 1. The van der Waals surface area contributed by atoms with Gasteiger partial charge in [-0.1, -0.05) is 30.3 Å². The summed E-state index contributed by atoms with van der Waals surface area (Å²) < 4.78 is 13.4. The third kappa shape index (κ3) is 5.56. The number of aryl methyl sites for hydroxylation is 1. The van der Waals surface area contributed by atoms with Gasteiger partial charge in [-0.3, -0.25) is 9.59 Å². The number of nitrogens with one attached hydrogen (secondary N) is 1. The molecule has 1 amide bonds. The van der Waals surface area contributed by atoms with Crippen molar-refractivity contribution in [3.63, 3.8) is 0 Å². The van der Waals surface area contributed by atoms with Crippen molar-refractivity contribution in [3.05, 3.63) is 94.2 Å². The molecule has 0 aliphatic heterocycles. The number of carbonyl (C=O) groups excluding carboxylic acids is 2. The Kier molecular flexibility index (Phi) is 7.47. The first-order valence-electron chi connectivity index (χ1n) is 13.6. The van der Waals surface area contributed by atoms with E-state index in [1.165, 1.54) is 18.4 Å². The summed E-state index contributed by atoms with van der Waals surface area (Å²) in [5.74, 6) is 1.73.